The van der Waals surface area contributed by atoms with E-state index in [1.54, 1.807) is 0 Å². The van der Waals surface area contributed by atoms with Gasteiger partial charge in [0.2, 0.25) is 0 Å². The molecule has 9 heteroatoms. The van der Waals surface area contributed by atoms with Crippen LogP contribution in [-0.4, -0.2) is 73.1 Å². The third-order valence-electron chi connectivity index (χ3n) is 2.64. The Labute approximate surface area is 133 Å². The number of hydrogen-bond acceptors (Lipinski definition) is 7. The van der Waals surface area contributed by atoms with E-state index < -0.39 is 19.7 Å². The Hall–Kier alpha value is -0.480. The standard InChI is InChI=1S/C13H27NO6S2/c1-4-21(15,16)11-8-19-6-7-20-9-12-22(17,18)10-5-14-13(2)3/h4,13-14H,1,5-12H2,2-3H3. The minimum atomic E-state index is -3.24. The topological polar surface area (TPSA) is 98.8 Å². The Balaban J connectivity index is 3.58. The normalized spacial score (nSPS) is 12.7. The molecule has 0 aromatic rings. The van der Waals surface area contributed by atoms with Crippen LogP contribution in [-0.2, 0) is 29.1 Å². The monoisotopic (exact) mass is 357 g/mol. The largest absolute Gasteiger partial charge is 0.378 e. The molecule has 0 aromatic carbocycles. The van der Waals surface area contributed by atoms with Gasteiger partial charge < -0.3 is 14.8 Å². The molecule has 0 aromatic heterocycles. The first-order valence-electron chi connectivity index (χ1n) is 7.13. The first-order valence-corrected chi connectivity index (χ1v) is 10.7. The van der Waals surface area contributed by atoms with Gasteiger partial charge in [0.1, 0.15) is 0 Å². The van der Waals surface area contributed by atoms with E-state index >= 15 is 0 Å². The van der Waals surface area contributed by atoms with Crippen LogP contribution >= 0.6 is 0 Å². The molecule has 7 nitrogen and oxygen atoms in total. The Kier molecular flexibility index (Phi) is 10.9. The number of sulfone groups is 2. The summed E-state index contributed by atoms with van der Waals surface area (Å²) in [6.45, 7) is 8.17. The van der Waals surface area contributed by atoms with Crippen LogP contribution in [0, 0.1) is 0 Å². The van der Waals surface area contributed by atoms with Crippen molar-refractivity contribution in [3.8, 4) is 0 Å². The predicted molar refractivity (Wildman–Crippen MR) is 87.4 cm³/mol. The molecule has 0 amide bonds. The Morgan fingerprint density at radius 1 is 0.955 bits per heavy atom. The van der Waals surface area contributed by atoms with Crippen LogP contribution in [0.1, 0.15) is 13.8 Å². The molecule has 0 saturated heterocycles. The Morgan fingerprint density at radius 2 is 1.50 bits per heavy atom. The van der Waals surface area contributed by atoms with E-state index in [0.717, 1.165) is 5.41 Å². The summed E-state index contributed by atoms with van der Waals surface area (Å²) in [6, 6.07) is 0.258. The Morgan fingerprint density at radius 3 is 2.00 bits per heavy atom. The van der Waals surface area contributed by atoms with Gasteiger partial charge in [0.15, 0.2) is 19.7 Å². The number of ether oxygens (including phenoxy) is 2. The lowest BCUT2D eigenvalue weighted by Gasteiger charge is -2.09. The highest BCUT2D eigenvalue weighted by Crippen LogP contribution is 1.93. The zero-order valence-electron chi connectivity index (χ0n) is 13.3. The van der Waals surface area contributed by atoms with E-state index in [1.807, 2.05) is 13.8 Å². The second kappa shape index (κ2) is 11.1. The van der Waals surface area contributed by atoms with E-state index in [-0.39, 0.29) is 49.7 Å². The van der Waals surface area contributed by atoms with Crippen molar-refractivity contribution in [1.29, 1.82) is 0 Å². The lowest BCUT2D eigenvalue weighted by atomic mass is 10.4. The molecular formula is C13H27NO6S2. The van der Waals surface area contributed by atoms with Crippen LogP contribution in [0.25, 0.3) is 0 Å². The third kappa shape index (κ3) is 13.2. The average Bonchev–Trinajstić information content (AvgIpc) is 2.41. The van der Waals surface area contributed by atoms with E-state index in [0.29, 0.717) is 6.54 Å². The first-order chi connectivity index (χ1) is 10.2. The SMILES string of the molecule is C=CS(=O)(=O)CCOCCOCCS(=O)(=O)CCNC(C)C. The van der Waals surface area contributed by atoms with Crippen molar-refractivity contribution in [2.45, 2.75) is 19.9 Å². The molecule has 0 spiro atoms. The van der Waals surface area contributed by atoms with Crippen LogP contribution < -0.4 is 5.32 Å². The van der Waals surface area contributed by atoms with E-state index in [2.05, 4.69) is 11.9 Å². The fourth-order valence-corrected chi connectivity index (χ4v) is 2.89. The summed E-state index contributed by atoms with van der Waals surface area (Å²) >= 11 is 0. The maximum atomic E-state index is 11.7. The van der Waals surface area contributed by atoms with Gasteiger partial charge in [-0.2, -0.15) is 0 Å². The van der Waals surface area contributed by atoms with Gasteiger partial charge in [-0.1, -0.05) is 20.4 Å². The van der Waals surface area contributed by atoms with Gasteiger partial charge in [-0.25, -0.2) is 16.8 Å². The van der Waals surface area contributed by atoms with Crippen LogP contribution in [0.5, 0.6) is 0 Å². The van der Waals surface area contributed by atoms with Gasteiger partial charge in [0.25, 0.3) is 0 Å². The average molecular weight is 357 g/mol. The van der Waals surface area contributed by atoms with Crippen molar-refractivity contribution in [2.24, 2.45) is 0 Å². The maximum Gasteiger partial charge on any atom is 0.173 e. The number of hydrogen-bond donors (Lipinski definition) is 1. The van der Waals surface area contributed by atoms with Crippen molar-refractivity contribution < 1.29 is 26.3 Å². The summed E-state index contributed by atoms with van der Waals surface area (Å²) < 4.78 is 55.7. The minimum Gasteiger partial charge on any atom is -0.378 e. The van der Waals surface area contributed by atoms with Gasteiger partial charge in [-0.3, -0.25) is 0 Å². The highest BCUT2D eigenvalue weighted by Gasteiger charge is 2.10. The van der Waals surface area contributed by atoms with Crippen molar-refractivity contribution >= 4 is 19.7 Å². The fourth-order valence-electron chi connectivity index (χ4n) is 1.37. The molecule has 0 heterocycles. The fraction of sp³-hybridized carbons (Fsp3) is 0.846. The summed E-state index contributed by atoms with van der Waals surface area (Å²) in [5, 5.41) is 3.94. The summed E-state index contributed by atoms with van der Waals surface area (Å²) in [6.07, 6.45) is 0. The van der Waals surface area contributed by atoms with Crippen LogP contribution in [0.15, 0.2) is 12.0 Å². The van der Waals surface area contributed by atoms with Gasteiger partial charge in [0.05, 0.1) is 43.7 Å². The van der Waals surface area contributed by atoms with Gasteiger partial charge >= 0.3 is 0 Å². The molecule has 0 aliphatic heterocycles. The van der Waals surface area contributed by atoms with Crippen LogP contribution in [0.3, 0.4) is 0 Å². The Bertz CT molecular complexity index is 499. The second-order valence-corrected chi connectivity index (χ2v) is 9.39. The van der Waals surface area contributed by atoms with Crippen molar-refractivity contribution in [3.05, 3.63) is 12.0 Å². The summed E-state index contributed by atoms with van der Waals surface area (Å²) in [7, 11) is -6.35. The summed E-state index contributed by atoms with van der Waals surface area (Å²) in [5.41, 5.74) is 0. The lowest BCUT2D eigenvalue weighted by Crippen LogP contribution is -2.30. The summed E-state index contributed by atoms with van der Waals surface area (Å²) in [5.74, 6) is -0.0597. The lowest BCUT2D eigenvalue weighted by molar-refractivity contribution is 0.0597. The zero-order chi connectivity index (χ0) is 17.1. The molecule has 1 N–H and O–H groups in total. The van der Waals surface area contributed by atoms with E-state index in [4.69, 9.17) is 9.47 Å². The molecule has 0 saturated carbocycles. The highest BCUT2D eigenvalue weighted by atomic mass is 32.2. The number of rotatable bonds is 14. The molecule has 132 valence electrons. The zero-order valence-corrected chi connectivity index (χ0v) is 14.9. The van der Waals surface area contributed by atoms with Gasteiger partial charge in [-0.05, 0) is 0 Å². The number of nitrogens with one attached hydrogen (secondary N) is 1. The molecule has 22 heavy (non-hydrogen) atoms. The maximum absolute atomic E-state index is 11.7. The molecular weight excluding hydrogens is 330 g/mol. The molecule has 0 aliphatic rings. The molecule has 0 unspecified atom stereocenters. The van der Waals surface area contributed by atoms with Crippen LogP contribution in [0.4, 0.5) is 0 Å². The van der Waals surface area contributed by atoms with E-state index in [1.165, 1.54) is 0 Å². The second-order valence-electron chi connectivity index (χ2n) is 5.02. The van der Waals surface area contributed by atoms with Crippen molar-refractivity contribution in [2.75, 3.05) is 50.2 Å². The first kappa shape index (κ1) is 21.5. The quantitative estimate of drug-likeness (QED) is 0.437. The van der Waals surface area contributed by atoms with E-state index in [9.17, 15) is 16.8 Å². The van der Waals surface area contributed by atoms with Gasteiger partial charge in [-0.15, -0.1) is 0 Å². The van der Waals surface area contributed by atoms with Gasteiger partial charge in [0, 0.05) is 18.0 Å². The van der Waals surface area contributed by atoms with Crippen molar-refractivity contribution in [1.82, 2.24) is 5.32 Å². The third-order valence-corrected chi connectivity index (χ3v) is 5.50. The summed E-state index contributed by atoms with van der Waals surface area (Å²) in [4.78, 5) is 0. The minimum absolute atomic E-state index is 0.0301. The molecule has 0 radical (unpaired) electrons. The smallest absolute Gasteiger partial charge is 0.173 e. The molecule has 0 atom stereocenters. The molecule has 0 fully saturated rings. The highest BCUT2D eigenvalue weighted by molar-refractivity contribution is 7.94. The molecule has 0 bridgehead atoms. The molecule has 0 rings (SSSR count). The van der Waals surface area contributed by atoms with Crippen LogP contribution in [0.2, 0.25) is 0 Å². The predicted octanol–water partition coefficient (Wildman–Crippen LogP) is -0.00930. The van der Waals surface area contributed by atoms with Crippen molar-refractivity contribution in [3.63, 3.8) is 0 Å². The molecule has 0 aliphatic carbocycles.